The molecule has 0 spiro atoms. The van der Waals surface area contributed by atoms with Crippen LogP contribution in [0.4, 0.5) is 0 Å². The van der Waals surface area contributed by atoms with Crippen molar-refractivity contribution in [2.24, 2.45) is 5.92 Å². The van der Waals surface area contributed by atoms with Gasteiger partial charge in [0.15, 0.2) is 0 Å². The molecular weight excluding hydrogens is 384 g/mol. The standard InChI is InChI=1S/C19H23BrN2OS/c1-13-3-5-15(6-4-13)19(16-7-8-16)21-18(23)11-22(2)10-14-9-17(20)24-12-14/h3-6,9,12,16,19H,7-8,10-11H2,1-2H3,(H,21,23). The van der Waals surface area contributed by atoms with E-state index in [1.807, 2.05) is 7.05 Å². The highest BCUT2D eigenvalue weighted by Gasteiger charge is 2.33. The van der Waals surface area contributed by atoms with Gasteiger partial charge in [0.2, 0.25) is 5.91 Å². The lowest BCUT2D eigenvalue weighted by Gasteiger charge is -2.21. The van der Waals surface area contributed by atoms with Gasteiger partial charge in [0.25, 0.3) is 0 Å². The number of benzene rings is 1. The van der Waals surface area contributed by atoms with Crippen molar-refractivity contribution in [3.63, 3.8) is 0 Å². The van der Waals surface area contributed by atoms with Gasteiger partial charge in [0, 0.05) is 6.54 Å². The number of likely N-dealkylation sites (N-methyl/N-ethyl adjacent to an activating group) is 1. The molecule has 1 aliphatic rings. The summed E-state index contributed by atoms with van der Waals surface area (Å²) in [4.78, 5) is 14.5. The van der Waals surface area contributed by atoms with Crippen molar-refractivity contribution in [3.05, 3.63) is 56.2 Å². The summed E-state index contributed by atoms with van der Waals surface area (Å²) in [6, 6.07) is 10.8. The lowest BCUT2D eigenvalue weighted by atomic mass is 10.0. The molecule has 1 heterocycles. The van der Waals surface area contributed by atoms with Gasteiger partial charge in [-0.1, -0.05) is 29.8 Å². The summed E-state index contributed by atoms with van der Waals surface area (Å²) in [5.74, 6) is 0.694. The quantitative estimate of drug-likeness (QED) is 0.732. The highest BCUT2D eigenvalue weighted by molar-refractivity contribution is 9.11. The largest absolute Gasteiger partial charge is 0.348 e. The van der Waals surface area contributed by atoms with E-state index in [-0.39, 0.29) is 11.9 Å². The molecule has 1 fully saturated rings. The molecule has 0 radical (unpaired) electrons. The summed E-state index contributed by atoms with van der Waals surface area (Å²) in [7, 11) is 1.99. The van der Waals surface area contributed by atoms with Crippen LogP contribution in [-0.4, -0.2) is 24.4 Å². The predicted octanol–water partition coefficient (Wildman–Crippen LogP) is 4.52. The third kappa shape index (κ3) is 4.91. The molecule has 24 heavy (non-hydrogen) atoms. The average Bonchev–Trinajstić information content (AvgIpc) is 3.29. The Bertz CT molecular complexity index is 694. The second kappa shape index (κ2) is 7.81. The second-order valence-electron chi connectivity index (χ2n) is 6.72. The van der Waals surface area contributed by atoms with Crippen LogP contribution < -0.4 is 5.32 Å². The van der Waals surface area contributed by atoms with Crippen molar-refractivity contribution in [1.82, 2.24) is 10.2 Å². The maximum absolute atomic E-state index is 12.5. The van der Waals surface area contributed by atoms with E-state index in [0.717, 1.165) is 10.3 Å². The van der Waals surface area contributed by atoms with E-state index in [1.165, 1.54) is 29.5 Å². The number of nitrogens with one attached hydrogen (secondary N) is 1. The Balaban J connectivity index is 1.56. The number of rotatable bonds is 7. The van der Waals surface area contributed by atoms with Crippen LogP contribution in [0.1, 0.15) is 35.6 Å². The molecule has 1 unspecified atom stereocenters. The van der Waals surface area contributed by atoms with Crippen LogP contribution in [0, 0.1) is 12.8 Å². The number of aryl methyl sites for hydroxylation is 1. The van der Waals surface area contributed by atoms with Gasteiger partial charge in [-0.3, -0.25) is 9.69 Å². The number of hydrogen-bond donors (Lipinski definition) is 1. The number of thiophene rings is 1. The van der Waals surface area contributed by atoms with Gasteiger partial charge in [-0.25, -0.2) is 0 Å². The van der Waals surface area contributed by atoms with Crippen molar-refractivity contribution >= 4 is 33.2 Å². The van der Waals surface area contributed by atoms with Gasteiger partial charge in [-0.05, 0) is 71.2 Å². The molecule has 3 nitrogen and oxygen atoms in total. The Labute approximate surface area is 156 Å². The Hall–Kier alpha value is -1.17. The van der Waals surface area contributed by atoms with Gasteiger partial charge in [-0.2, -0.15) is 0 Å². The molecule has 3 rings (SSSR count). The number of halogens is 1. The monoisotopic (exact) mass is 406 g/mol. The summed E-state index contributed by atoms with van der Waals surface area (Å²) in [5, 5.41) is 5.37. The zero-order chi connectivity index (χ0) is 17.1. The van der Waals surface area contributed by atoms with Crippen molar-refractivity contribution in [2.75, 3.05) is 13.6 Å². The predicted molar refractivity (Wildman–Crippen MR) is 103 cm³/mol. The molecule has 1 aromatic carbocycles. The third-order valence-corrected chi connectivity index (χ3v) is 5.89. The molecular formula is C19H23BrN2OS. The molecule has 1 atom stereocenters. The van der Waals surface area contributed by atoms with E-state index in [9.17, 15) is 4.79 Å². The fraction of sp³-hybridized carbons (Fsp3) is 0.421. The highest BCUT2D eigenvalue weighted by Crippen LogP contribution is 2.41. The number of carbonyl (C=O) groups is 1. The molecule has 1 amide bonds. The smallest absolute Gasteiger partial charge is 0.234 e. The summed E-state index contributed by atoms with van der Waals surface area (Å²) >= 11 is 5.16. The Kier molecular flexibility index (Phi) is 5.74. The second-order valence-corrected chi connectivity index (χ2v) is 9.02. The van der Waals surface area contributed by atoms with Crippen LogP contribution in [0.25, 0.3) is 0 Å². The lowest BCUT2D eigenvalue weighted by molar-refractivity contribution is -0.123. The molecule has 0 aliphatic heterocycles. The minimum Gasteiger partial charge on any atom is -0.348 e. The Morgan fingerprint density at radius 1 is 1.38 bits per heavy atom. The van der Waals surface area contributed by atoms with Crippen LogP contribution in [0.5, 0.6) is 0 Å². The molecule has 5 heteroatoms. The normalized spacial score (nSPS) is 15.5. The number of nitrogens with zero attached hydrogens (tertiary/aromatic N) is 1. The topological polar surface area (TPSA) is 32.3 Å². The first kappa shape index (κ1) is 17.6. The molecule has 1 aliphatic carbocycles. The van der Waals surface area contributed by atoms with Gasteiger partial charge in [0.1, 0.15) is 0 Å². The van der Waals surface area contributed by atoms with Crippen LogP contribution >= 0.6 is 27.3 Å². The molecule has 1 saturated carbocycles. The number of amides is 1. The SMILES string of the molecule is Cc1ccc(C(NC(=O)CN(C)Cc2csc(Br)c2)C2CC2)cc1. The summed E-state index contributed by atoms with van der Waals surface area (Å²) in [5.41, 5.74) is 3.71. The van der Waals surface area contributed by atoms with Gasteiger partial charge < -0.3 is 5.32 Å². The van der Waals surface area contributed by atoms with E-state index in [2.05, 4.69) is 68.8 Å². The molecule has 128 valence electrons. The minimum absolute atomic E-state index is 0.101. The van der Waals surface area contributed by atoms with Gasteiger partial charge >= 0.3 is 0 Å². The Morgan fingerprint density at radius 3 is 2.67 bits per heavy atom. The number of carbonyl (C=O) groups excluding carboxylic acids is 1. The molecule has 1 aromatic heterocycles. The first-order valence-corrected chi connectivity index (χ1v) is 9.96. The highest BCUT2D eigenvalue weighted by atomic mass is 79.9. The maximum Gasteiger partial charge on any atom is 0.234 e. The number of hydrogen-bond acceptors (Lipinski definition) is 3. The van der Waals surface area contributed by atoms with Crippen molar-refractivity contribution in [1.29, 1.82) is 0 Å². The summed E-state index contributed by atoms with van der Waals surface area (Å²) in [6.07, 6.45) is 2.41. The molecule has 0 bridgehead atoms. The molecule has 2 aromatic rings. The van der Waals surface area contributed by atoms with Crippen LogP contribution in [0.3, 0.4) is 0 Å². The zero-order valence-electron chi connectivity index (χ0n) is 14.1. The van der Waals surface area contributed by atoms with Gasteiger partial charge in [-0.15, -0.1) is 11.3 Å². The van der Waals surface area contributed by atoms with E-state index >= 15 is 0 Å². The first-order chi connectivity index (χ1) is 11.5. The maximum atomic E-state index is 12.5. The van der Waals surface area contributed by atoms with E-state index in [4.69, 9.17) is 0 Å². The lowest BCUT2D eigenvalue weighted by Crippen LogP contribution is -2.37. The van der Waals surface area contributed by atoms with E-state index in [1.54, 1.807) is 11.3 Å². The van der Waals surface area contributed by atoms with Crippen LogP contribution in [0.15, 0.2) is 39.5 Å². The van der Waals surface area contributed by atoms with Crippen molar-refractivity contribution < 1.29 is 4.79 Å². The van der Waals surface area contributed by atoms with E-state index in [0.29, 0.717) is 12.5 Å². The fourth-order valence-corrected chi connectivity index (χ4v) is 4.14. The molecule has 1 N–H and O–H groups in total. The first-order valence-electron chi connectivity index (χ1n) is 8.28. The van der Waals surface area contributed by atoms with Crippen molar-refractivity contribution in [2.45, 2.75) is 32.4 Å². The average molecular weight is 407 g/mol. The van der Waals surface area contributed by atoms with Gasteiger partial charge in [0.05, 0.1) is 16.4 Å². The van der Waals surface area contributed by atoms with Crippen LogP contribution in [0.2, 0.25) is 0 Å². The fourth-order valence-electron chi connectivity index (χ4n) is 2.94. The minimum atomic E-state index is 0.101. The van der Waals surface area contributed by atoms with Crippen LogP contribution in [-0.2, 0) is 11.3 Å². The zero-order valence-corrected chi connectivity index (χ0v) is 16.5. The third-order valence-electron chi connectivity index (χ3n) is 4.33. The summed E-state index contributed by atoms with van der Waals surface area (Å²) in [6.45, 7) is 3.29. The summed E-state index contributed by atoms with van der Waals surface area (Å²) < 4.78 is 1.13. The Morgan fingerprint density at radius 2 is 2.08 bits per heavy atom. The molecule has 0 saturated heterocycles. The van der Waals surface area contributed by atoms with E-state index < -0.39 is 0 Å². The van der Waals surface area contributed by atoms with Crippen molar-refractivity contribution in [3.8, 4) is 0 Å².